The molecule has 1 aliphatic carbocycles. The smallest absolute Gasteiger partial charge is 0.173 e. The number of halogens is 1. The Balaban J connectivity index is 1.53. The number of rotatable bonds is 3. The number of Topliss-reactive ketones (excluding diaryl/α,β-unsaturated/α-hetero) is 1. The summed E-state index contributed by atoms with van der Waals surface area (Å²) in [6.45, 7) is 3.76. The maximum Gasteiger partial charge on any atom is 0.173 e. The van der Waals surface area contributed by atoms with Crippen LogP contribution in [-0.2, 0) is 9.53 Å². The molecular weight excluding hydrogens is 359 g/mol. The lowest BCUT2D eigenvalue weighted by Crippen LogP contribution is -2.29. The van der Waals surface area contributed by atoms with E-state index in [9.17, 15) is 14.3 Å². The highest BCUT2D eigenvalue weighted by atomic mass is 19.1. The Morgan fingerprint density at radius 1 is 1.07 bits per heavy atom. The molecule has 2 saturated heterocycles. The predicted molar refractivity (Wildman–Crippen MR) is 102 cm³/mol. The minimum absolute atomic E-state index is 0.0244. The van der Waals surface area contributed by atoms with E-state index in [2.05, 4.69) is 0 Å². The van der Waals surface area contributed by atoms with Crippen molar-refractivity contribution in [1.82, 2.24) is 0 Å². The summed E-state index contributed by atoms with van der Waals surface area (Å²) in [5, 5.41) is 10.9. The number of hydrogen-bond donors (Lipinski definition) is 1. The molecule has 4 atom stereocenters. The highest BCUT2D eigenvalue weighted by molar-refractivity contribution is 6.26. The second-order valence-corrected chi connectivity index (χ2v) is 7.93. The van der Waals surface area contributed by atoms with Crippen LogP contribution in [0, 0.1) is 31.5 Å². The van der Waals surface area contributed by atoms with Crippen LogP contribution in [0.5, 0.6) is 11.5 Å². The molecule has 2 bridgehead atoms. The van der Waals surface area contributed by atoms with Gasteiger partial charge in [0.15, 0.2) is 17.3 Å². The molecular formula is C23H21FO4. The summed E-state index contributed by atoms with van der Waals surface area (Å²) in [7, 11) is 0. The number of benzene rings is 2. The quantitative estimate of drug-likeness (QED) is 0.825. The van der Waals surface area contributed by atoms with Gasteiger partial charge in [0, 0.05) is 0 Å². The van der Waals surface area contributed by atoms with Crippen LogP contribution in [0.2, 0.25) is 0 Å². The zero-order valence-corrected chi connectivity index (χ0v) is 15.7. The van der Waals surface area contributed by atoms with Crippen molar-refractivity contribution in [2.45, 2.75) is 38.9 Å². The number of hydrogen-bond acceptors (Lipinski definition) is 4. The van der Waals surface area contributed by atoms with Gasteiger partial charge in [0.2, 0.25) is 0 Å². The molecule has 0 amide bonds. The molecule has 2 aromatic rings. The van der Waals surface area contributed by atoms with Gasteiger partial charge in [0.1, 0.15) is 11.5 Å². The zero-order chi connectivity index (χ0) is 19.6. The SMILES string of the molecule is Cc1cc(Oc2ccccc2F)cc(C)c1C1=C(O)[C@H]2[C@@H](C1=O)[C@H]1CC[C@@H]2O1. The van der Waals surface area contributed by atoms with Gasteiger partial charge >= 0.3 is 0 Å². The first kappa shape index (κ1) is 17.4. The first-order valence-electron chi connectivity index (χ1n) is 9.62. The van der Waals surface area contributed by atoms with Crippen molar-refractivity contribution in [1.29, 1.82) is 0 Å². The summed E-state index contributed by atoms with van der Waals surface area (Å²) in [5.74, 6) is -0.123. The molecule has 5 rings (SSSR count). The maximum atomic E-state index is 13.9. The Bertz CT molecular complexity index is 1000. The lowest BCUT2D eigenvalue weighted by Gasteiger charge is -2.19. The first-order chi connectivity index (χ1) is 13.5. The van der Waals surface area contributed by atoms with E-state index >= 15 is 0 Å². The number of aliphatic hydroxyl groups is 1. The Labute approximate surface area is 162 Å². The molecule has 2 fully saturated rings. The Kier molecular flexibility index (Phi) is 3.85. The normalized spacial score (nSPS) is 28.2. The molecule has 1 N–H and O–H groups in total. The van der Waals surface area contributed by atoms with E-state index in [-0.39, 0.29) is 41.3 Å². The average Bonchev–Trinajstić information content (AvgIpc) is 3.33. The van der Waals surface area contributed by atoms with E-state index in [1.807, 2.05) is 13.8 Å². The average molecular weight is 380 g/mol. The summed E-state index contributed by atoms with van der Waals surface area (Å²) >= 11 is 0. The van der Waals surface area contributed by atoms with Gasteiger partial charge in [-0.15, -0.1) is 0 Å². The summed E-state index contributed by atoms with van der Waals surface area (Å²) in [6, 6.07) is 9.79. The fourth-order valence-electron chi connectivity index (χ4n) is 5.10. The highest BCUT2D eigenvalue weighted by Gasteiger charge is 2.59. The number of ether oxygens (including phenoxy) is 2. The van der Waals surface area contributed by atoms with Gasteiger partial charge < -0.3 is 14.6 Å². The van der Waals surface area contributed by atoms with E-state index in [0.29, 0.717) is 11.3 Å². The monoisotopic (exact) mass is 380 g/mol. The van der Waals surface area contributed by atoms with Crippen molar-refractivity contribution in [3.05, 3.63) is 64.7 Å². The van der Waals surface area contributed by atoms with E-state index in [1.165, 1.54) is 6.07 Å². The van der Waals surface area contributed by atoms with Gasteiger partial charge in [-0.1, -0.05) is 12.1 Å². The van der Waals surface area contributed by atoms with Crippen LogP contribution < -0.4 is 4.74 Å². The molecule has 0 aromatic heterocycles. The summed E-state index contributed by atoms with van der Waals surface area (Å²) in [5.41, 5.74) is 2.80. The van der Waals surface area contributed by atoms with Gasteiger partial charge in [0.05, 0.1) is 29.6 Å². The van der Waals surface area contributed by atoms with Crippen molar-refractivity contribution in [3.8, 4) is 11.5 Å². The van der Waals surface area contributed by atoms with Crippen LogP contribution in [0.15, 0.2) is 42.2 Å². The molecule has 0 spiro atoms. The number of carbonyl (C=O) groups is 1. The topological polar surface area (TPSA) is 55.8 Å². The minimum Gasteiger partial charge on any atom is -0.511 e. The Morgan fingerprint density at radius 2 is 1.71 bits per heavy atom. The molecule has 0 saturated carbocycles. The number of fused-ring (bicyclic) bond motifs is 5. The third-order valence-electron chi connectivity index (χ3n) is 6.21. The molecule has 2 aromatic carbocycles. The number of para-hydroxylation sites is 1. The van der Waals surface area contributed by atoms with Crippen LogP contribution >= 0.6 is 0 Å². The van der Waals surface area contributed by atoms with Gasteiger partial charge in [-0.3, -0.25) is 4.79 Å². The van der Waals surface area contributed by atoms with Crippen LogP contribution in [0.25, 0.3) is 5.57 Å². The van der Waals surface area contributed by atoms with E-state index < -0.39 is 5.82 Å². The summed E-state index contributed by atoms with van der Waals surface area (Å²) < 4.78 is 25.4. The third-order valence-corrected chi connectivity index (χ3v) is 6.21. The Morgan fingerprint density at radius 3 is 2.36 bits per heavy atom. The van der Waals surface area contributed by atoms with Gasteiger partial charge in [-0.05, 0) is 67.6 Å². The van der Waals surface area contributed by atoms with Crippen molar-refractivity contribution in [2.75, 3.05) is 0 Å². The second-order valence-electron chi connectivity index (χ2n) is 7.93. The fourth-order valence-corrected chi connectivity index (χ4v) is 5.10. The van der Waals surface area contributed by atoms with Crippen LogP contribution in [0.3, 0.4) is 0 Å². The minimum atomic E-state index is -0.434. The van der Waals surface area contributed by atoms with Crippen molar-refractivity contribution in [3.63, 3.8) is 0 Å². The van der Waals surface area contributed by atoms with Crippen molar-refractivity contribution in [2.24, 2.45) is 11.8 Å². The molecule has 0 radical (unpaired) electrons. The number of aryl methyl sites for hydroxylation is 2. The molecule has 2 aliphatic heterocycles. The number of allylic oxidation sites excluding steroid dienone is 1. The van der Waals surface area contributed by atoms with Crippen molar-refractivity contribution >= 4 is 11.4 Å². The zero-order valence-electron chi connectivity index (χ0n) is 15.7. The maximum absolute atomic E-state index is 13.9. The lowest BCUT2D eigenvalue weighted by atomic mass is 9.80. The first-order valence-corrected chi connectivity index (χ1v) is 9.62. The summed E-state index contributed by atoms with van der Waals surface area (Å²) in [6.07, 6.45) is 1.64. The standard InChI is InChI=1S/C23H21FO4/c1-11-9-13(27-15-6-4-3-5-14(15)24)10-12(2)18(11)21-22(25)19-16-7-8-17(28-16)20(19)23(21)26/h3-6,9-10,16-17,19-20,25H,7-8H2,1-2H3/t16-,17+,19+,20-/m0/s1. The van der Waals surface area contributed by atoms with Crippen LogP contribution in [0.1, 0.15) is 29.5 Å². The molecule has 0 unspecified atom stereocenters. The largest absolute Gasteiger partial charge is 0.511 e. The lowest BCUT2D eigenvalue weighted by molar-refractivity contribution is -0.118. The Hall–Kier alpha value is -2.66. The van der Waals surface area contributed by atoms with E-state index in [1.54, 1.807) is 30.3 Å². The molecule has 2 heterocycles. The van der Waals surface area contributed by atoms with Gasteiger partial charge in [-0.2, -0.15) is 0 Å². The number of aliphatic hydroxyl groups excluding tert-OH is 1. The van der Waals surface area contributed by atoms with E-state index in [4.69, 9.17) is 9.47 Å². The second kappa shape index (κ2) is 6.17. The summed E-state index contributed by atoms with van der Waals surface area (Å²) in [4.78, 5) is 13.1. The van der Waals surface area contributed by atoms with Crippen LogP contribution in [-0.4, -0.2) is 23.1 Å². The van der Waals surface area contributed by atoms with Gasteiger partial charge in [-0.25, -0.2) is 4.39 Å². The number of ketones is 1. The van der Waals surface area contributed by atoms with Gasteiger partial charge in [0.25, 0.3) is 0 Å². The molecule has 144 valence electrons. The number of carbonyl (C=O) groups excluding carboxylic acids is 1. The highest BCUT2D eigenvalue weighted by Crippen LogP contribution is 2.54. The van der Waals surface area contributed by atoms with E-state index in [0.717, 1.165) is 29.5 Å². The third kappa shape index (κ3) is 2.42. The van der Waals surface area contributed by atoms with Crippen LogP contribution in [0.4, 0.5) is 4.39 Å². The molecule has 4 nitrogen and oxygen atoms in total. The van der Waals surface area contributed by atoms with Crippen molar-refractivity contribution < 1.29 is 23.8 Å². The molecule has 5 heteroatoms. The molecule has 28 heavy (non-hydrogen) atoms. The fraction of sp³-hybridized carbons (Fsp3) is 0.348. The molecule has 3 aliphatic rings. The predicted octanol–water partition coefficient (Wildman–Crippen LogP) is 4.88.